The molecule has 0 spiro atoms. The Morgan fingerprint density at radius 3 is 2.95 bits per heavy atom. The first kappa shape index (κ1) is 16.2. The van der Waals surface area contributed by atoms with Gasteiger partial charge in [-0.15, -0.1) is 11.3 Å². The second-order valence-electron chi connectivity index (χ2n) is 4.30. The fourth-order valence-corrected chi connectivity index (χ4v) is 4.00. The van der Waals surface area contributed by atoms with Gasteiger partial charge in [-0.05, 0) is 20.3 Å². The van der Waals surface area contributed by atoms with Gasteiger partial charge >= 0.3 is 0 Å². The Morgan fingerprint density at radius 1 is 1.43 bits per heavy atom. The predicted octanol–water partition coefficient (Wildman–Crippen LogP) is 1.53. The quantitative estimate of drug-likeness (QED) is 0.680. The van der Waals surface area contributed by atoms with Crippen LogP contribution in [0, 0.1) is 0 Å². The van der Waals surface area contributed by atoms with Crippen molar-refractivity contribution in [1.29, 1.82) is 0 Å². The van der Waals surface area contributed by atoms with Crippen LogP contribution in [0.1, 0.15) is 20.3 Å². The number of aromatic nitrogens is 2. The zero-order valence-electron chi connectivity index (χ0n) is 12.1. The van der Waals surface area contributed by atoms with Gasteiger partial charge in [0.2, 0.25) is 0 Å². The summed E-state index contributed by atoms with van der Waals surface area (Å²) in [5.41, 5.74) is 0. The predicted molar refractivity (Wildman–Crippen MR) is 83.5 cm³/mol. The smallest absolute Gasteiger partial charge is 0.260 e. The van der Waals surface area contributed by atoms with Crippen molar-refractivity contribution in [1.82, 2.24) is 14.1 Å². The fraction of sp³-hybridized carbons (Fsp3) is 0.583. The first-order valence-electron chi connectivity index (χ1n) is 6.87. The number of ether oxygens (including phenoxy) is 1. The van der Waals surface area contributed by atoms with Crippen LogP contribution < -0.4 is 10.0 Å². The standard InChI is InChI=1S/C12H20N4O3S2/c1-3-13-10-11(16-7-9-20-12(16)15-10)21(17,18)14-6-5-8-19-4-2/h7,9,13-14H,3-6,8H2,1-2H3. The summed E-state index contributed by atoms with van der Waals surface area (Å²) in [5.74, 6) is 0.390. The molecule has 2 rings (SSSR count). The van der Waals surface area contributed by atoms with Gasteiger partial charge in [0.25, 0.3) is 10.0 Å². The Bertz CT molecular complexity index is 678. The summed E-state index contributed by atoms with van der Waals surface area (Å²) in [4.78, 5) is 4.97. The molecule has 0 aliphatic heterocycles. The SMILES string of the molecule is CCNc1nc2sccn2c1S(=O)(=O)NCCCOCC. The number of nitrogens with zero attached hydrogens (tertiary/aromatic N) is 2. The topological polar surface area (TPSA) is 84.7 Å². The van der Waals surface area contributed by atoms with E-state index >= 15 is 0 Å². The Hall–Kier alpha value is -1.16. The Kier molecular flexibility index (Phi) is 5.57. The summed E-state index contributed by atoms with van der Waals surface area (Å²) in [5, 5.41) is 4.97. The molecule has 2 N–H and O–H groups in total. The average molecular weight is 332 g/mol. The van der Waals surface area contributed by atoms with Gasteiger partial charge < -0.3 is 10.1 Å². The van der Waals surface area contributed by atoms with Crippen molar-refractivity contribution in [2.24, 2.45) is 0 Å². The van der Waals surface area contributed by atoms with Crippen LogP contribution in [0.4, 0.5) is 5.82 Å². The summed E-state index contributed by atoms with van der Waals surface area (Å²) < 4.78 is 34.4. The molecule has 0 aliphatic rings. The Morgan fingerprint density at radius 2 is 2.24 bits per heavy atom. The summed E-state index contributed by atoms with van der Waals surface area (Å²) in [6.45, 7) is 5.93. The Balaban J connectivity index is 2.18. The monoisotopic (exact) mass is 332 g/mol. The van der Waals surface area contributed by atoms with Crippen LogP contribution in [0.3, 0.4) is 0 Å². The van der Waals surface area contributed by atoms with E-state index in [9.17, 15) is 8.42 Å². The van der Waals surface area contributed by atoms with E-state index in [0.29, 0.717) is 43.5 Å². The lowest BCUT2D eigenvalue weighted by molar-refractivity contribution is 0.146. The van der Waals surface area contributed by atoms with Crippen LogP contribution >= 0.6 is 11.3 Å². The van der Waals surface area contributed by atoms with Crippen LogP contribution in [-0.4, -0.2) is 44.1 Å². The maximum atomic E-state index is 12.5. The molecular formula is C12H20N4O3S2. The average Bonchev–Trinajstić information content (AvgIpc) is 2.98. The second-order valence-corrected chi connectivity index (χ2v) is 6.85. The van der Waals surface area contributed by atoms with E-state index in [1.54, 1.807) is 10.6 Å². The molecule has 0 unspecified atom stereocenters. The third-order valence-electron chi connectivity index (χ3n) is 2.78. The number of hydrogen-bond donors (Lipinski definition) is 2. The largest absolute Gasteiger partial charge is 0.382 e. The molecule has 0 amide bonds. The molecule has 0 atom stereocenters. The van der Waals surface area contributed by atoms with Crippen molar-refractivity contribution in [2.45, 2.75) is 25.3 Å². The van der Waals surface area contributed by atoms with Gasteiger partial charge in [-0.3, -0.25) is 4.40 Å². The molecule has 0 saturated heterocycles. The molecule has 0 fully saturated rings. The van der Waals surface area contributed by atoms with Crippen LogP contribution in [0.2, 0.25) is 0 Å². The normalized spacial score (nSPS) is 12.1. The third-order valence-corrected chi connectivity index (χ3v) is 5.02. The minimum absolute atomic E-state index is 0.164. The van der Waals surface area contributed by atoms with E-state index in [1.807, 2.05) is 19.2 Å². The lowest BCUT2D eigenvalue weighted by atomic mass is 10.5. The van der Waals surface area contributed by atoms with Crippen molar-refractivity contribution < 1.29 is 13.2 Å². The minimum atomic E-state index is -3.61. The first-order valence-corrected chi connectivity index (χ1v) is 9.23. The first-order chi connectivity index (χ1) is 10.1. The highest BCUT2D eigenvalue weighted by Gasteiger charge is 2.25. The maximum Gasteiger partial charge on any atom is 0.260 e. The highest BCUT2D eigenvalue weighted by molar-refractivity contribution is 7.89. The van der Waals surface area contributed by atoms with Crippen molar-refractivity contribution in [3.05, 3.63) is 11.6 Å². The van der Waals surface area contributed by atoms with Gasteiger partial charge in [-0.25, -0.2) is 18.1 Å². The van der Waals surface area contributed by atoms with E-state index in [4.69, 9.17) is 4.74 Å². The van der Waals surface area contributed by atoms with Gasteiger partial charge in [-0.2, -0.15) is 0 Å². The molecule has 9 heteroatoms. The molecule has 21 heavy (non-hydrogen) atoms. The van der Waals surface area contributed by atoms with Crippen molar-refractivity contribution in [2.75, 3.05) is 31.6 Å². The zero-order chi connectivity index (χ0) is 15.3. The summed E-state index contributed by atoms with van der Waals surface area (Å²) in [6.07, 6.45) is 2.35. The molecule has 2 heterocycles. The molecule has 0 bridgehead atoms. The fourth-order valence-electron chi connectivity index (χ4n) is 1.90. The number of imidazole rings is 1. The van der Waals surface area contributed by atoms with E-state index in [2.05, 4.69) is 15.0 Å². The van der Waals surface area contributed by atoms with Crippen molar-refractivity contribution in [3.8, 4) is 0 Å². The highest BCUT2D eigenvalue weighted by atomic mass is 32.2. The summed E-state index contributed by atoms with van der Waals surface area (Å²) in [6, 6.07) is 0. The number of fused-ring (bicyclic) bond motifs is 1. The van der Waals surface area contributed by atoms with Crippen LogP contribution in [0.15, 0.2) is 16.6 Å². The van der Waals surface area contributed by atoms with Crippen molar-refractivity contribution in [3.63, 3.8) is 0 Å². The third kappa shape index (κ3) is 3.73. The molecule has 7 nitrogen and oxygen atoms in total. The van der Waals surface area contributed by atoms with Gasteiger partial charge in [0.05, 0.1) is 0 Å². The number of rotatable bonds is 9. The number of thiazole rings is 1. The van der Waals surface area contributed by atoms with E-state index in [-0.39, 0.29) is 5.03 Å². The zero-order valence-corrected chi connectivity index (χ0v) is 13.8. The lowest BCUT2D eigenvalue weighted by Crippen LogP contribution is -2.27. The maximum absolute atomic E-state index is 12.5. The van der Waals surface area contributed by atoms with Gasteiger partial charge in [0, 0.05) is 37.9 Å². The molecule has 0 saturated carbocycles. The van der Waals surface area contributed by atoms with E-state index < -0.39 is 10.0 Å². The summed E-state index contributed by atoms with van der Waals surface area (Å²) >= 11 is 1.40. The van der Waals surface area contributed by atoms with Crippen LogP contribution in [0.5, 0.6) is 0 Å². The Labute approximate surface area is 128 Å². The van der Waals surface area contributed by atoms with Crippen molar-refractivity contribution >= 4 is 32.1 Å². The highest BCUT2D eigenvalue weighted by Crippen LogP contribution is 2.25. The van der Waals surface area contributed by atoms with E-state index in [0.717, 1.165) is 0 Å². The lowest BCUT2D eigenvalue weighted by Gasteiger charge is -2.08. The van der Waals surface area contributed by atoms with Gasteiger partial charge in [0.15, 0.2) is 15.8 Å². The number of hydrogen-bond acceptors (Lipinski definition) is 6. The molecule has 118 valence electrons. The van der Waals surface area contributed by atoms with E-state index in [1.165, 1.54) is 11.3 Å². The minimum Gasteiger partial charge on any atom is -0.382 e. The molecule has 0 aromatic carbocycles. The molecule has 0 aliphatic carbocycles. The van der Waals surface area contributed by atoms with Gasteiger partial charge in [0.1, 0.15) is 0 Å². The second kappa shape index (κ2) is 7.21. The van der Waals surface area contributed by atoms with Crippen LogP contribution in [0.25, 0.3) is 4.96 Å². The molecule has 2 aromatic rings. The molecule has 0 radical (unpaired) electrons. The number of sulfonamides is 1. The molecule has 2 aromatic heterocycles. The number of anilines is 1. The van der Waals surface area contributed by atoms with Gasteiger partial charge in [-0.1, -0.05) is 0 Å². The molecular weight excluding hydrogens is 312 g/mol. The van der Waals surface area contributed by atoms with Crippen LogP contribution in [-0.2, 0) is 14.8 Å². The number of nitrogens with one attached hydrogen (secondary N) is 2. The summed E-state index contributed by atoms with van der Waals surface area (Å²) in [7, 11) is -3.61.